The molecule has 0 atom stereocenters. The van der Waals surface area contributed by atoms with Gasteiger partial charge in [0.1, 0.15) is 0 Å². The highest BCUT2D eigenvalue weighted by Gasteiger charge is 2.49. The van der Waals surface area contributed by atoms with Gasteiger partial charge in [-0.2, -0.15) is 5.48 Å². The van der Waals surface area contributed by atoms with E-state index in [4.69, 9.17) is 5.21 Å². The van der Waals surface area contributed by atoms with Crippen molar-refractivity contribution >= 4 is 17.8 Å². The van der Waals surface area contributed by atoms with Crippen LogP contribution in [0.2, 0.25) is 0 Å². The van der Waals surface area contributed by atoms with Crippen LogP contribution in [-0.2, 0) is 9.59 Å². The van der Waals surface area contributed by atoms with E-state index in [1.54, 1.807) is 5.48 Å². The van der Waals surface area contributed by atoms with Gasteiger partial charge in [0.2, 0.25) is 0 Å². The number of hydrogen-bond donors (Lipinski definition) is 4. The highest BCUT2D eigenvalue weighted by Crippen LogP contribution is 2.18. The molecule has 0 spiro atoms. The molecule has 1 aliphatic heterocycles. The summed E-state index contributed by atoms with van der Waals surface area (Å²) in [6.07, 6.45) is 2.49. The molecule has 0 aromatic carbocycles. The van der Waals surface area contributed by atoms with Gasteiger partial charge in [0, 0.05) is 0 Å². The summed E-state index contributed by atoms with van der Waals surface area (Å²) < 4.78 is 0. The zero-order valence-corrected chi connectivity index (χ0v) is 9.00. The Morgan fingerprint density at radius 3 is 2.19 bits per heavy atom. The summed E-state index contributed by atoms with van der Waals surface area (Å²) in [6.45, 7) is 1.98. The summed E-state index contributed by atoms with van der Waals surface area (Å²) in [5.41, 5.74) is -0.0268. The molecule has 0 radical (unpaired) electrons. The maximum Gasteiger partial charge on any atom is 0.328 e. The van der Waals surface area contributed by atoms with E-state index in [1.807, 2.05) is 17.6 Å². The Labute approximate surface area is 92.5 Å². The van der Waals surface area contributed by atoms with Gasteiger partial charge in [-0.1, -0.05) is 26.2 Å². The van der Waals surface area contributed by atoms with E-state index in [0.717, 1.165) is 12.8 Å². The van der Waals surface area contributed by atoms with Crippen molar-refractivity contribution in [3.63, 3.8) is 0 Å². The number of amides is 4. The number of nitrogens with one attached hydrogen (secondary N) is 3. The van der Waals surface area contributed by atoms with E-state index < -0.39 is 23.4 Å². The number of unbranched alkanes of at least 4 members (excludes halogenated alkanes) is 2. The first-order valence-corrected chi connectivity index (χ1v) is 5.15. The summed E-state index contributed by atoms with van der Waals surface area (Å²) in [5.74, 6) is -1.64. The lowest BCUT2D eigenvalue weighted by molar-refractivity contribution is -0.146. The fourth-order valence-electron chi connectivity index (χ4n) is 1.58. The predicted octanol–water partition coefficient (Wildman–Crippen LogP) is -0.350. The maximum atomic E-state index is 11.5. The van der Waals surface area contributed by atoms with Gasteiger partial charge < -0.3 is 5.21 Å². The Morgan fingerprint density at radius 2 is 1.75 bits per heavy atom. The number of rotatable bonds is 5. The van der Waals surface area contributed by atoms with Crippen molar-refractivity contribution in [2.24, 2.45) is 0 Å². The van der Waals surface area contributed by atoms with Gasteiger partial charge in [0.25, 0.3) is 11.8 Å². The van der Waals surface area contributed by atoms with Crippen molar-refractivity contribution in [1.82, 2.24) is 16.1 Å². The molecule has 0 bridgehead atoms. The van der Waals surface area contributed by atoms with E-state index in [0.29, 0.717) is 6.42 Å². The lowest BCUT2D eigenvalue weighted by Crippen LogP contribution is -2.71. The van der Waals surface area contributed by atoms with E-state index in [9.17, 15) is 14.4 Å². The molecule has 1 saturated heterocycles. The van der Waals surface area contributed by atoms with Gasteiger partial charge in [-0.3, -0.25) is 20.2 Å². The van der Waals surface area contributed by atoms with Crippen molar-refractivity contribution in [1.29, 1.82) is 0 Å². The Morgan fingerprint density at radius 1 is 1.19 bits per heavy atom. The third-order valence-electron chi connectivity index (χ3n) is 2.58. The Bertz CT molecular complexity index is 296. The number of hydrogen-bond acceptors (Lipinski definition) is 5. The van der Waals surface area contributed by atoms with Crippen LogP contribution in [0.5, 0.6) is 0 Å². The topological polar surface area (TPSA) is 108 Å². The maximum absolute atomic E-state index is 11.5. The van der Waals surface area contributed by atoms with Crippen molar-refractivity contribution in [3.8, 4) is 0 Å². The molecule has 1 aliphatic rings. The summed E-state index contributed by atoms with van der Waals surface area (Å²) >= 11 is 0. The van der Waals surface area contributed by atoms with Crippen molar-refractivity contribution < 1.29 is 19.6 Å². The molecular formula is C9H15N3O4. The molecule has 16 heavy (non-hydrogen) atoms. The second-order valence-corrected chi connectivity index (χ2v) is 3.71. The van der Waals surface area contributed by atoms with Crippen LogP contribution >= 0.6 is 0 Å². The van der Waals surface area contributed by atoms with E-state index in [1.165, 1.54) is 0 Å². The quantitative estimate of drug-likeness (QED) is 0.293. The largest absolute Gasteiger partial charge is 0.328 e. The molecule has 7 heteroatoms. The van der Waals surface area contributed by atoms with E-state index >= 15 is 0 Å². The minimum Gasteiger partial charge on any atom is -0.315 e. The standard InChI is InChI=1S/C9H15N3O4/c1-2-3-4-5-9(12-16)6(13)10-8(15)11-7(9)14/h12,16H,2-5H2,1H3,(H2,10,11,13,14,15). The van der Waals surface area contributed by atoms with Crippen molar-refractivity contribution in [3.05, 3.63) is 0 Å². The average molecular weight is 229 g/mol. The lowest BCUT2D eigenvalue weighted by atomic mass is 9.89. The summed E-state index contributed by atoms with van der Waals surface area (Å²) in [7, 11) is 0. The molecule has 90 valence electrons. The molecular weight excluding hydrogens is 214 g/mol. The van der Waals surface area contributed by atoms with Crippen LogP contribution in [0.25, 0.3) is 0 Å². The van der Waals surface area contributed by atoms with E-state index in [2.05, 4.69) is 0 Å². The van der Waals surface area contributed by atoms with Crippen LogP contribution in [-0.4, -0.2) is 28.6 Å². The number of carbonyl (C=O) groups excluding carboxylic acids is 3. The number of urea groups is 1. The Hall–Kier alpha value is -1.47. The van der Waals surface area contributed by atoms with Crippen LogP contribution in [0.4, 0.5) is 4.79 Å². The minimum absolute atomic E-state index is 0.141. The SMILES string of the molecule is CCCCCC1(NO)C(=O)NC(=O)NC1=O. The van der Waals surface area contributed by atoms with Crippen molar-refractivity contribution in [2.75, 3.05) is 0 Å². The molecule has 1 heterocycles. The van der Waals surface area contributed by atoms with Crippen LogP contribution in [0.1, 0.15) is 32.6 Å². The summed E-state index contributed by atoms with van der Waals surface area (Å²) in [6, 6.07) is -0.864. The minimum atomic E-state index is -1.75. The molecule has 0 aromatic rings. The normalized spacial score (nSPS) is 19.2. The first-order valence-electron chi connectivity index (χ1n) is 5.15. The molecule has 1 rings (SSSR count). The monoisotopic (exact) mass is 229 g/mol. The lowest BCUT2D eigenvalue weighted by Gasteiger charge is -2.32. The number of hydroxylamine groups is 1. The highest BCUT2D eigenvalue weighted by molar-refractivity contribution is 6.22. The van der Waals surface area contributed by atoms with Crippen LogP contribution in [0.15, 0.2) is 0 Å². The first kappa shape index (κ1) is 12.6. The fraction of sp³-hybridized carbons (Fsp3) is 0.667. The number of barbiturate groups is 1. The molecule has 4 N–H and O–H groups in total. The Kier molecular flexibility index (Phi) is 3.97. The Balaban J connectivity index is 2.79. The fourth-order valence-corrected chi connectivity index (χ4v) is 1.58. The van der Waals surface area contributed by atoms with Crippen LogP contribution in [0, 0.1) is 0 Å². The zero-order valence-electron chi connectivity index (χ0n) is 9.00. The molecule has 0 aromatic heterocycles. The predicted molar refractivity (Wildman–Crippen MR) is 53.5 cm³/mol. The van der Waals surface area contributed by atoms with Crippen LogP contribution in [0.3, 0.4) is 0 Å². The molecule has 0 unspecified atom stereocenters. The smallest absolute Gasteiger partial charge is 0.315 e. The number of imide groups is 2. The number of carbonyl (C=O) groups is 3. The van der Waals surface area contributed by atoms with Gasteiger partial charge in [-0.25, -0.2) is 4.79 Å². The molecule has 7 nitrogen and oxygen atoms in total. The zero-order chi connectivity index (χ0) is 12.2. The van der Waals surface area contributed by atoms with Crippen molar-refractivity contribution in [2.45, 2.75) is 38.1 Å². The molecule has 0 saturated carbocycles. The van der Waals surface area contributed by atoms with Gasteiger partial charge in [-0.15, -0.1) is 0 Å². The molecule has 4 amide bonds. The second-order valence-electron chi connectivity index (χ2n) is 3.71. The molecule has 0 aliphatic carbocycles. The van der Waals surface area contributed by atoms with Gasteiger partial charge >= 0.3 is 6.03 Å². The highest BCUT2D eigenvalue weighted by atomic mass is 16.5. The third-order valence-corrected chi connectivity index (χ3v) is 2.58. The third kappa shape index (κ3) is 2.20. The van der Waals surface area contributed by atoms with E-state index in [-0.39, 0.29) is 6.42 Å². The first-order chi connectivity index (χ1) is 7.56. The summed E-state index contributed by atoms with van der Waals surface area (Å²) in [4.78, 5) is 33.9. The average Bonchev–Trinajstić information content (AvgIpc) is 2.22. The van der Waals surface area contributed by atoms with Gasteiger partial charge in [0.05, 0.1) is 0 Å². The summed E-state index contributed by atoms with van der Waals surface area (Å²) in [5, 5.41) is 12.9. The van der Waals surface area contributed by atoms with Gasteiger partial charge in [0.15, 0.2) is 5.54 Å². The molecule has 1 fully saturated rings. The van der Waals surface area contributed by atoms with Crippen LogP contribution < -0.4 is 16.1 Å². The van der Waals surface area contributed by atoms with Gasteiger partial charge in [-0.05, 0) is 6.42 Å². The second kappa shape index (κ2) is 5.04.